The maximum absolute atomic E-state index is 9.32. The van der Waals surface area contributed by atoms with Crippen molar-refractivity contribution < 1.29 is 10.0 Å². The third kappa shape index (κ3) is 2.66. The minimum atomic E-state index is 0.351. The number of allylic oxidation sites excluding steroid dienone is 2. The number of hydrogen-bond donors (Lipinski definition) is 2. The summed E-state index contributed by atoms with van der Waals surface area (Å²) in [5.41, 5.74) is 6.15. The van der Waals surface area contributed by atoms with E-state index >= 15 is 0 Å². The molecule has 2 atom stereocenters. The Kier molecular flexibility index (Phi) is 3.66. The fourth-order valence-corrected chi connectivity index (χ4v) is 3.54. The summed E-state index contributed by atoms with van der Waals surface area (Å²) in [4.78, 5) is 1.57. The second-order valence-electron chi connectivity index (χ2n) is 6.27. The van der Waals surface area contributed by atoms with Crippen molar-refractivity contribution in [2.45, 2.75) is 33.1 Å². The summed E-state index contributed by atoms with van der Waals surface area (Å²) in [5.74, 6) is 1.13. The van der Waals surface area contributed by atoms with Gasteiger partial charge in [0.1, 0.15) is 12.3 Å². The Morgan fingerprint density at radius 3 is 2.75 bits per heavy atom. The molecule has 0 fully saturated rings. The molecule has 1 heterocycles. The SMILES string of the molecule is CC1=C[NH+](CCc2ccc(O)cc2)CC2=C1CCC2C. The monoisotopic (exact) mass is 270 g/mol. The maximum Gasteiger partial charge on any atom is 0.115 e. The number of benzene rings is 1. The molecule has 2 unspecified atom stereocenters. The molecule has 2 aliphatic rings. The lowest BCUT2D eigenvalue weighted by molar-refractivity contribution is -0.843. The van der Waals surface area contributed by atoms with Gasteiger partial charge in [0.15, 0.2) is 0 Å². The van der Waals surface area contributed by atoms with Gasteiger partial charge in [0.2, 0.25) is 0 Å². The summed E-state index contributed by atoms with van der Waals surface area (Å²) >= 11 is 0. The number of hydrogen-bond acceptors (Lipinski definition) is 1. The number of rotatable bonds is 3. The smallest absolute Gasteiger partial charge is 0.115 e. The van der Waals surface area contributed by atoms with Crippen molar-refractivity contribution >= 4 is 0 Å². The zero-order chi connectivity index (χ0) is 14.1. The van der Waals surface area contributed by atoms with Gasteiger partial charge in [-0.05, 0) is 54.5 Å². The van der Waals surface area contributed by atoms with Crippen LogP contribution in [0, 0.1) is 5.92 Å². The highest BCUT2D eigenvalue weighted by Crippen LogP contribution is 2.35. The second-order valence-corrected chi connectivity index (χ2v) is 6.27. The molecule has 0 amide bonds. The highest BCUT2D eigenvalue weighted by Gasteiger charge is 2.29. The van der Waals surface area contributed by atoms with Gasteiger partial charge in [0.25, 0.3) is 0 Å². The van der Waals surface area contributed by atoms with Crippen LogP contribution in [-0.2, 0) is 6.42 Å². The minimum Gasteiger partial charge on any atom is -0.508 e. The molecule has 2 N–H and O–H groups in total. The Morgan fingerprint density at radius 1 is 1.25 bits per heavy atom. The van der Waals surface area contributed by atoms with Crippen LogP contribution in [0.15, 0.2) is 47.2 Å². The number of phenolic OH excluding ortho intramolecular Hbond substituents is 1. The van der Waals surface area contributed by atoms with Crippen molar-refractivity contribution in [1.29, 1.82) is 0 Å². The molecule has 2 nitrogen and oxygen atoms in total. The van der Waals surface area contributed by atoms with E-state index in [9.17, 15) is 5.11 Å². The van der Waals surface area contributed by atoms with E-state index in [2.05, 4.69) is 20.0 Å². The lowest BCUT2D eigenvalue weighted by atomic mass is 9.97. The predicted octanol–water partition coefficient (Wildman–Crippen LogP) is 2.46. The Bertz CT molecular complexity index is 553. The first-order chi connectivity index (χ1) is 9.63. The first-order valence-corrected chi connectivity index (χ1v) is 7.66. The molecule has 0 spiro atoms. The van der Waals surface area contributed by atoms with E-state index in [1.54, 1.807) is 28.2 Å². The molecule has 1 aliphatic heterocycles. The standard InChI is InChI=1S/C18H23NO/c1-13-3-8-17-14(2)11-19(12-18(13)17)10-9-15-4-6-16(20)7-5-15/h4-7,11,13,20H,3,8-10,12H2,1-2H3/p+1. The van der Waals surface area contributed by atoms with Gasteiger partial charge in [-0.2, -0.15) is 0 Å². The molecule has 1 aromatic carbocycles. The molecular weight excluding hydrogens is 246 g/mol. The summed E-state index contributed by atoms with van der Waals surface area (Å²) in [6, 6.07) is 7.61. The molecule has 1 aromatic rings. The van der Waals surface area contributed by atoms with Crippen LogP contribution in [0.4, 0.5) is 0 Å². The van der Waals surface area contributed by atoms with Crippen LogP contribution >= 0.6 is 0 Å². The van der Waals surface area contributed by atoms with Crippen LogP contribution in [0.3, 0.4) is 0 Å². The summed E-state index contributed by atoms with van der Waals surface area (Å²) < 4.78 is 0. The predicted molar refractivity (Wildman–Crippen MR) is 81.7 cm³/mol. The van der Waals surface area contributed by atoms with E-state index in [-0.39, 0.29) is 0 Å². The lowest BCUT2D eigenvalue weighted by Gasteiger charge is -2.24. The summed E-state index contributed by atoms with van der Waals surface area (Å²) in [6.07, 6.45) is 6.10. The molecule has 0 bridgehead atoms. The lowest BCUT2D eigenvalue weighted by Crippen LogP contribution is -3.08. The molecule has 3 rings (SSSR count). The number of aromatic hydroxyl groups is 1. The molecule has 20 heavy (non-hydrogen) atoms. The fourth-order valence-electron chi connectivity index (χ4n) is 3.54. The first-order valence-electron chi connectivity index (χ1n) is 7.66. The number of phenols is 1. The quantitative estimate of drug-likeness (QED) is 0.866. The largest absolute Gasteiger partial charge is 0.508 e. The van der Waals surface area contributed by atoms with Crippen molar-refractivity contribution in [2.24, 2.45) is 5.92 Å². The summed E-state index contributed by atoms with van der Waals surface area (Å²) in [7, 11) is 0. The maximum atomic E-state index is 9.32. The van der Waals surface area contributed by atoms with Crippen LogP contribution in [0.1, 0.15) is 32.3 Å². The fraction of sp³-hybridized carbons (Fsp3) is 0.444. The van der Waals surface area contributed by atoms with E-state index in [0.29, 0.717) is 5.75 Å². The topological polar surface area (TPSA) is 24.7 Å². The van der Waals surface area contributed by atoms with Crippen molar-refractivity contribution in [3.63, 3.8) is 0 Å². The van der Waals surface area contributed by atoms with Crippen LogP contribution in [-0.4, -0.2) is 18.2 Å². The summed E-state index contributed by atoms with van der Waals surface area (Å²) in [6.45, 7) is 6.96. The Balaban J connectivity index is 1.64. The molecule has 0 saturated carbocycles. The molecule has 2 heteroatoms. The van der Waals surface area contributed by atoms with Gasteiger partial charge in [-0.3, -0.25) is 0 Å². The summed E-state index contributed by atoms with van der Waals surface area (Å²) in [5, 5.41) is 9.32. The van der Waals surface area contributed by atoms with Crippen LogP contribution in [0.5, 0.6) is 5.75 Å². The second kappa shape index (κ2) is 5.45. The van der Waals surface area contributed by atoms with E-state index in [0.717, 1.165) is 18.9 Å². The van der Waals surface area contributed by atoms with Crippen LogP contribution < -0.4 is 4.90 Å². The van der Waals surface area contributed by atoms with Crippen molar-refractivity contribution in [1.82, 2.24) is 0 Å². The van der Waals surface area contributed by atoms with Crippen molar-refractivity contribution in [2.75, 3.05) is 13.1 Å². The van der Waals surface area contributed by atoms with E-state index < -0.39 is 0 Å². The Labute approximate surface area is 121 Å². The zero-order valence-electron chi connectivity index (χ0n) is 12.4. The highest BCUT2D eigenvalue weighted by atomic mass is 16.3. The highest BCUT2D eigenvalue weighted by molar-refractivity contribution is 5.39. The normalized spacial score (nSPS) is 25.6. The van der Waals surface area contributed by atoms with Gasteiger partial charge in [0, 0.05) is 12.0 Å². The van der Waals surface area contributed by atoms with E-state index in [1.165, 1.54) is 30.5 Å². The molecule has 106 valence electrons. The third-order valence-corrected chi connectivity index (χ3v) is 4.80. The van der Waals surface area contributed by atoms with Crippen molar-refractivity contribution in [3.8, 4) is 5.75 Å². The number of quaternary nitrogens is 1. The third-order valence-electron chi connectivity index (χ3n) is 4.80. The van der Waals surface area contributed by atoms with Gasteiger partial charge in [-0.15, -0.1) is 0 Å². The van der Waals surface area contributed by atoms with Crippen molar-refractivity contribution in [3.05, 3.63) is 52.7 Å². The van der Waals surface area contributed by atoms with Crippen LogP contribution in [0.2, 0.25) is 0 Å². The van der Waals surface area contributed by atoms with Gasteiger partial charge in [-0.25, -0.2) is 0 Å². The molecule has 0 saturated heterocycles. The average Bonchev–Trinajstić information content (AvgIpc) is 2.81. The van der Waals surface area contributed by atoms with Gasteiger partial charge < -0.3 is 10.0 Å². The molecule has 0 radical (unpaired) electrons. The molecular formula is C18H24NO+. The Morgan fingerprint density at radius 2 is 2.00 bits per heavy atom. The molecule has 0 aromatic heterocycles. The van der Waals surface area contributed by atoms with E-state index in [4.69, 9.17) is 0 Å². The molecule has 1 aliphatic carbocycles. The number of nitrogens with one attached hydrogen (secondary N) is 1. The van der Waals surface area contributed by atoms with Crippen LogP contribution in [0.25, 0.3) is 0 Å². The van der Waals surface area contributed by atoms with Gasteiger partial charge >= 0.3 is 0 Å². The average molecular weight is 270 g/mol. The Hall–Kier alpha value is -1.54. The van der Waals surface area contributed by atoms with Gasteiger partial charge in [-0.1, -0.05) is 19.1 Å². The van der Waals surface area contributed by atoms with Gasteiger partial charge in [0.05, 0.1) is 12.7 Å². The van der Waals surface area contributed by atoms with E-state index in [1.807, 2.05) is 12.1 Å². The first kappa shape index (κ1) is 13.4. The minimum absolute atomic E-state index is 0.351. The zero-order valence-corrected chi connectivity index (χ0v) is 12.4.